The smallest absolute Gasteiger partial charge is 0.123 e. The third-order valence-electron chi connectivity index (χ3n) is 2.93. The predicted octanol–water partition coefficient (Wildman–Crippen LogP) is 1.73. The molecule has 0 bridgehead atoms. The fourth-order valence-electron chi connectivity index (χ4n) is 2.17. The molecule has 1 atom stereocenters. The van der Waals surface area contributed by atoms with Crippen molar-refractivity contribution in [3.63, 3.8) is 0 Å². The summed E-state index contributed by atoms with van der Waals surface area (Å²) >= 11 is 0. The molecule has 0 radical (unpaired) electrons. The molecule has 0 aromatic carbocycles. The van der Waals surface area contributed by atoms with E-state index in [2.05, 4.69) is 0 Å². The van der Waals surface area contributed by atoms with Gasteiger partial charge in [-0.05, 0) is 31.7 Å². The molecule has 1 saturated carbocycles. The Labute approximate surface area is 74.5 Å². The SMILES string of the molecule is NCCC(C=O)C1CCCCC1. The Morgan fingerprint density at radius 3 is 2.50 bits per heavy atom. The summed E-state index contributed by atoms with van der Waals surface area (Å²) in [7, 11) is 0. The minimum atomic E-state index is 0.246. The van der Waals surface area contributed by atoms with E-state index in [1.807, 2.05) is 0 Å². The van der Waals surface area contributed by atoms with Crippen LogP contribution in [0.15, 0.2) is 0 Å². The van der Waals surface area contributed by atoms with Crippen LogP contribution in [0.3, 0.4) is 0 Å². The van der Waals surface area contributed by atoms with Crippen LogP contribution in [0.1, 0.15) is 38.5 Å². The molecule has 0 saturated heterocycles. The maximum Gasteiger partial charge on any atom is 0.123 e. The Bertz CT molecular complexity index is 130. The molecule has 1 aliphatic rings. The number of hydrogen-bond acceptors (Lipinski definition) is 2. The van der Waals surface area contributed by atoms with Crippen LogP contribution in [0, 0.1) is 11.8 Å². The van der Waals surface area contributed by atoms with Crippen LogP contribution in [-0.2, 0) is 4.79 Å². The third-order valence-corrected chi connectivity index (χ3v) is 2.93. The van der Waals surface area contributed by atoms with Gasteiger partial charge in [0.25, 0.3) is 0 Å². The highest BCUT2D eigenvalue weighted by Gasteiger charge is 2.22. The van der Waals surface area contributed by atoms with Gasteiger partial charge in [-0.2, -0.15) is 0 Å². The zero-order valence-corrected chi connectivity index (χ0v) is 7.67. The first-order valence-corrected chi connectivity index (χ1v) is 5.04. The summed E-state index contributed by atoms with van der Waals surface area (Å²) in [6.07, 6.45) is 8.44. The van der Waals surface area contributed by atoms with E-state index in [9.17, 15) is 4.79 Å². The zero-order chi connectivity index (χ0) is 8.81. The molecule has 0 heterocycles. The summed E-state index contributed by atoms with van der Waals surface area (Å²) in [6.45, 7) is 0.653. The Kier molecular flexibility index (Phi) is 4.30. The lowest BCUT2D eigenvalue weighted by molar-refractivity contribution is -0.113. The van der Waals surface area contributed by atoms with Crippen LogP contribution in [0.25, 0.3) is 0 Å². The molecular weight excluding hydrogens is 150 g/mol. The van der Waals surface area contributed by atoms with E-state index in [1.165, 1.54) is 32.1 Å². The van der Waals surface area contributed by atoms with Gasteiger partial charge in [-0.3, -0.25) is 0 Å². The van der Waals surface area contributed by atoms with Crippen molar-refractivity contribution in [2.45, 2.75) is 38.5 Å². The number of nitrogens with two attached hydrogens (primary N) is 1. The summed E-state index contributed by atoms with van der Waals surface area (Å²) < 4.78 is 0. The molecule has 1 aliphatic carbocycles. The van der Waals surface area contributed by atoms with Gasteiger partial charge in [0, 0.05) is 5.92 Å². The molecule has 1 fully saturated rings. The van der Waals surface area contributed by atoms with E-state index in [1.54, 1.807) is 0 Å². The van der Waals surface area contributed by atoms with Crippen molar-refractivity contribution in [3.8, 4) is 0 Å². The molecule has 2 heteroatoms. The van der Waals surface area contributed by atoms with Crippen molar-refractivity contribution in [2.24, 2.45) is 17.6 Å². The number of carbonyl (C=O) groups is 1. The molecule has 1 rings (SSSR count). The van der Waals surface area contributed by atoms with Gasteiger partial charge in [0.2, 0.25) is 0 Å². The lowest BCUT2D eigenvalue weighted by Gasteiger charge is -2.26. The molecule has 12 heavy (non-hydrogen) atoms. The van der Waals surface area contributed by atoms with Crippen molar-refractivity contribution in [2.75, 3.05) is 6.54 Å². The van der Waals surface area contributed by atoms with E-state index < -0.39 is 0 Å². The van der Waals surface area contributed by atoms with Crippen molar-refractivity contribution in [1.82, 2.24) is 0 Å². The minimum Gasteiger partial charge on any atom is -0.330 e. The van der Waals surface area contributed by atoms with Crippen molar-refractivity contribution >= 4 is 6.29 Å². The van der Waals surface area contributed by atoms with E-state index in [0.29, 0.717) is 12.5 Å². The molecule has 0 aromatic rings. The maximum atomic E-state index is 10.7. The van der Waals surface area contributed by atoms with Gasteiger partial charge in [0.05, 0.1) is 0 Å². The summed E-state index contributed by atoms with van der Waals surface area (Å²) in [4.78, 5) is 10.7. The standard InChI is InChI=1S/C10H19NO/c11-7-6-10(8-12)9-4-2-1-3-5-9/h8-10H,1-7,11H2. The van der Waals surface area contributed by atoms with Gasteiger partial charge in [0.15, 0.2) is 0 Å². The summed E-state index contributed by atoms with van der Waals surface area (Å²) in [5.74, 6) is 0.884. The van der Waals surface area contributed by atoms with E-state index in [-0.39, 0.29) is 5.92 Å². The molecule has 0 aromatic heterocycles. The molecule has 70 valence electrons. The number of rotatable bonds is 4. The van der Waals surface area contributed by atoms with Gasteiger partial charge in [0.1, 0.15) is 6.29 Å². The molecule has 0 amide bonds. The molecule has 0 aliphatic heterocycles. The van der Waals surface area contributed by atoms with Crippen LogP contribution in [0.4, 0.5) is 0 Å². The highest BCUT2D eigenvalue weighted by Crippen LogP contribution is 2.30. The molecular formula is C10H19NO. The Morgan fingerprint density at radius 1 is 1.33 bits per heavy atom. The predicted molar refractivity (Wildman–Crippen MR) is 49.8 cm³/mol. The lowest BCUT2D eigenvalue weighted by Crippen LogP contribution is -2.21. The van der Waals surface area contributed by atoms with Gasteiger partial charge in [-0.25, -0.2) is 0 Å². The second kappa shape index (κ2) is 5.31. The van der Waals surface area contributed by atoms with Gasteiger partial charge >= 0.3 is 0 Å². The van der Waals surface area contributed by atoms with Crippen LogP contribution >= 0.6 is 0 Å². The van der Waals surface area contributed by atoms with Crippen LogP contribution in [-0.4, -0.2) is 12.8 Å². The normalized spacial score (nSPS) is 22.1. The van der Waals surface area contributed by atoms with E-state index >= 15 is 0 Å². The Morgan fingerprint density at radius 2 is 2.00 bits per heavy atom. The average molecular weight is 169 g/mol. The highest BCUT2D eigenvalue weighted by atomic mass is 16.1. The van der Waals surface area contributed by atoms with Gasteiger partial charge in [-0.15, -0.1) is 0 Å². The molecule has 2 N–H and O–H groups in total. The molecule has 1 unspecified atom stereocenters. The van der Waals surface area contributed by atoms with Gasteiger partial charge < -0.3 is 10.5 Å². The lowest BCUT2D eigenvalue weighted by atomic mass is 9.79. The first-order chi connectivity index (χ1) is 5.88. The van der Waals surface area contributed by atoms with E-state index in [4.69, 9.17) is 5.73 Å². The topological polar surface area (TPSA) is 43.1 Å². The van der Waals surface area contributed by atoms with Crippen LogP contribution < -0.4 is 5.73 Å². The third kappa shape index (κ3) is 2.59. The second-order valence-electron chi connectivity index (χ2n) is 3.78. The summed E-state index contributed by atoms with van der Waals surface area (Å²) in [5, 5.41) is 0. The average Bonchev–Trinajstić information content (AvgIpc) is 2.15. The fraction of sp³-hybridized carbons (Fsp3) is 0.900. The van der Waals surface area contributed by atoms with Gasteiger partial charge in [-0.1, -0.05) is 19.3 Å². The minimum absolute atomic E-state index is 0.246. The Hall–Kier alpha value is -0.370. The number of hydrogen-bond donors (Lipinski definition) is 1. The van der Waals surface area contributed by atoms with Crippen molar-refractivity contribution < 1.29 is 4.79 Å². The first kappa shape index (κ1) is 9.72. The maximum absolute atomic E-state index is 10.7. The fourth-order valence-corrected chi connectivity index (χ4v) is 2.17. The number of aldehydes is 1. The highest BCUT2D eigenvalue weighted by molar-refractivity contribution is 5.54. The largest absolute Gasteiger partial charge is 0.330 e. The Balaban J connectivity index is 2.34. The first-order valence-electron chi connectivity index (χ1n) is 5.04. The second-order valence-corrected chi connectivity index (χ2v) is 3.78. The van der Waals surface area contributed by atoms with E-state index in [0.717, 1.165) is 12.7 Å². The van der Waals surface area contributed by atoms with Crippen molar-refractivity contribution in [3.05, 3.63) is 0 Å². The summed E-state index contributed by atoms with van der Waals surface area (Å²) in [6, 6.07) is 0. The number of carbonyl (C=O) groups excluding carboxylic acids is 1. The summed E-state index contributed by atoms with van der Waals surface area (Å²) in [5.41, 5.74) is 5.45. The zero-order valence-electron chi connectivity index (χ0n) is 7.67. The quantitative estimate of drug-likeness (QED) is 0.651. The monoisotopic (exact) mass is 169 g/mol. The van der Waals surface area contributed by atoms with Crippen molar-refractivity contribution in [1.29, 1.82) is 0 Å². The molecule has 2 nitrogen and oxygen atoms in total. The molecule has 0 spiro atoms. The van der Waals surface area contributed by atoms with Crippen LogP contribution in [0.5, 0.6) is 0 Å². The van der Waals surface area contributed by atoms with Crippen LogP contribution in [0.2, 0.25) is 0 Å².